The van der Waals surface area contributed by atoms with Crippen molar-refractivity contribution >= 4 is 5.91 Å². The second-order valence-electron chi connectivity index (χ2n) is 3.93. The summed E-state index contributed by atoms with van der Waals surface area (Å²) in [5, 5.41) is 6.54. The van der Waals surface area contributed by atoms with Gasteiger partial charge in [0.05, 0.1) is 6.04 Å². The molecule has 0 aliphatic heterocycles. The first-order chi connectivity index (χ1) is 8.16. The topological polar surface area (TPSA) is 55.1 Å². The van der Waals surface area contributed by atoms with Gasteiger partial charge in [0.2, 0.25) is 0 Å². The normalized spacial score (nSPS) is 12.1. The van der Waals surface area contributed by atoms with Gasteiger partial charge in [0.25, 0.3) is 5.91 Å². The summed E-state index contributed by atoms with van der Waals surface area (Å²) in [4.78, 5) is 11.8. The molecule has 0 radical (unpaired) electrons. The minimum absolute atomic E-state index is 0.0549. The Bertz CT molecular complexity index is 505. The Balaban J connectivity index is 2.04. The van der Waals surface area contributed by atoms with Gasteiger partial charge in [-0.15, -0.1) is 0 Å². The highest BCUT2D eigenvalue weighted by atomic mass is 16.5. The van der Waals surface area contributed by atoms with Crippen LogP contribution in [0.15, 0.2) is 40.9 Å². The Kier molecular flexibility index (Phi) is 3.23. The lowest BCUT2D eigenvalue weighted by atomic mass is 10.1. The molecule has 0 spiro atoms. The van der Waals surface area contributed by atoms with E-state index in [1.165, 1.54) is 0 Å². The first-order valence-electron chi connectivity index (χ1n) is 5.46. The highest BCUT2D eigenvalue weighted by molar-refractivity contribution is 5.92. The third kappa shape index (κ3) is 2.72. The molecule has 2 rings (SSSR count). The lowest BCUT2D eigenvalue weighted by molar-refractivity contribution is 0.0930. The van der Waals surface area contributed by atoms with Gasteiger partial charge in [-0.25, -0.2) is 0 Å². The number of hydrogen-bond acceptors (Lipinski definition) is 3. The summed E-state index contributed by atoms with van der Waals surface area (Å²) >= 11 is 0. The van der Waals surface area contributed by atoms with E-state index in [2.05, 4.69) is 10.5 Å². The van der Waals surface area contributed by atoms with Crippen LogP contribution in [0.5, 0.6) is 0 Å². The Hall–Kier alpha value is -2.10. The number of hydrogen-bond donors (Lipinski definition) is 1. The van der Waals surface area contributed by atoms with Gasteiger partial charge in [-0.2, -0.15) is 0 Å². The minimum atomic E-state index is -0.224. The maximum atomic E-state index is 11.8. The van der Waals surface area contributed by atoms with Crippen LogP contribution in [0.3, 0.4) is 0 Å². The number of carbonyl (C=O) groups is 1. The average molecular weight is 230 g/mol. The van der Waals surface area contributed by atoms with Crippen molar-refractivity contribution in [2.45, 2.75) is 19.9 Å². The Morgan fingerprint density at radius 3 is 2.65 bits per heavy atom. The van der Waals surface area contributed by atoms with Gasteiger partial charge in [0.15, 0.2) is 5.69 Å². The summed E-state index contributed by atoms with van der Waals surface area (Å²) in [6.07, 6.45) is 0. The molecule has 0 aliphatic rings. The smallest absolute Gasteiger partial charge is 0.273 e. The molecular formula is C13H14N2O2. The number of carbonyl (C=O) groups excluding carboxylic acids is 1. The number of nitrogens with zero attached hydrogens (tertiary/aromatic N) is 1. The number of rotatable bonds is 3. The Labute approximate surface area is 99.6 Å². The zero-order valence-electron chi connectivity index (χ0n) is 9.81. The molecule has 0 saturated heterocycles. The molecule has 0 saturated carbocycles. The summed E-state index contributed by atoms with van der Waals surface area (Å²) in [5.74, 6) is 0.403. The summed E-state index contributed by atoms with van der Waals surface area (Å²) in [5.41, 5.74) is 1.37. The van der Waals surface area contributed by atoms with Crippen molar-refractivity contribution in [1.82, 2.24) is 10.5 Å². The van der Waals surface area contributed by atoms with Gasteiger partial charge >= 0.3 is 0 Å². The predicted octanol–water partition coefficient (Wildman–Crippen LogP) is 2.47. The number of aryl methyl sites for hydroxylation is 1. The molecule has 4 heteroatoms. The molecule has 2 aromatic rings. The maximum Gasteiger partial charge on any atom is 0.273 e. The molecule has 88 valence electrons. The van der Waals surface area contributed by atoms with Crippen molar-refractivity contribution in [3.8, 4) is 0 Å². The van der Waals surface area contributed by atoms with Crippen molar-refractivity contribution in [3.63, 3.8) is 0 Å². The van der Waals surface area contributed by atoms with Gasteiger partial charge in [-0.1, -0.05) is 35.5 Å². The maximum absolute atomic E-state index is 11.8. The quantitative estimate of drug-likeness (QED) is 0.881. The first kappa shape index (κ1) is 11.4. The largest absolute Gasteiger partial charge is 0.361 e. The highest BCUT2D eigenvalue weighted by Crippen LogP contribution is 2.12. The van der Waals surface area contributed by atoms with Gasteiger partial charge < -0.3 is 9.84 Å². The zero-order chi connectivity index (χ0) is 12.3. The van der Waals surface area contributed by atoms with Crippen LogP contribution in [0.4, 0.5) is 0 Å². The van der Waals surface area contributed by atoms with Crippen LogP contribution in [0, 0.1) is 6.92 Å². The number of benzene rings is 1. The fraction of sp³-hybridized carbons (Fsp3) is 0.231. The van der Waals surface area contributed by atoms with Crippen molar-refractivity contribution in [2.75, 3.05) is 0 Å². The average Bonchev–Trinajstić information content (AvgIpc) is 2.77. The van der Waals surface area contributed by atoms with E-state index >= 15 is 0 Å². The summed E-state index contributed by atoms with van der Waals surface area (Å²) < 4.78 is 4.86. The van der Waals surface area contributed by atoms with E-state index in [9.17, 15) is 4.79 Å². The lowest BCUT2D eigenvalue weighted by Crippen LogP contribution is -2.26. The van der Waals surface area contributed by atoms with Gasteiger partial charge in [-0.05, 0) is 19.4 Å². The van der Waals surface area contributed by atoms with E-state index in [1.807, 2.05) is 37.3 Å². The SMILES string of the molecule is Cc1cc(C(=O)N[C@@H](C)c2ccccc2)no1. The van der Waals surface area contributed by atoms with Gasteiger partial charge in [0, 0.05) is 6.07 Å². The van der Waals surface area contributed by atoms with Gasteiger partial charge in [-0.3, -0.25) is 4.79 Å². The van der Waals surface area contributed by atoms with Crippen molar-refractivity contribution in [2.24, 2.45) is 0 Å². The molecule has 1 atom stereocenters. The second kappa shape index (κ2) is 4.82. The predicted molar refractivity (Wildman–Crippen MR) is 63.6 cm³/mol. The molecule has 0 aliphatic carbocycles. The van der Waals surface area contributed by atoms with Gasteiger partial charge in [0.1, 0.15) is 5.76 Å². The summed E-state index contributed by atoms with van der Waals surface area (Å²) in [6, 6.07) is 11.3. The minimum Gasteiger partial charge on any atom is -0.361 e. The zero-order valence-corrected chi connectivity index (χ0v) is 9.81. The van der Waals surface area contributed by atoms with Crippen LogP contribution in [0.25, 0.3) is 0 Å². The first-order valence-corrected chi connectivity index (χ1v) is 5.46. The van der Waals surface area contributed by atoms with Crippen LogP contribution < -0.4 is 5.32 Å². The molecule has 1 amide bonds. The third-order valence-electron chi connectivity index (χ3n) is 2.51. The Morgan fingerprint density at radius 2 is 2.06 bits per heavy atom. The standard InChI is InChI=1S/C13H14N2O2/c1-9-8-12(15-17-9)13(16)14-10(2)11-6-4-3-5-7-11/h3-8,10H,1-2H3,(H,14,16)/t10-/m0/s1. The van der Waals surface area contributed by atoms with E-state index in [1.54, 1.807) is 13.0 Å². The monoisotopic (exact) mass is 230 g/mol. The molecule has 4 nitrogen and oxygen atoms in total. The van der Waals surface area contributed by atoms with E-state index in [-0.39, 0.29) is 11.9 Å². The fourth-order valence-corrected chi connectivity index (χ4v) is 1.57. The van der Waals surface area contributed by atoms with Crippen molar-refractivity contribution in [3.05, 3.63) is 53.4 Å². The van der Waals surface area contributed by atoms with Crippen LogP contribution >= 0.6 is 0 Å². The summed E-state index contributed by atoms with van der Waals surface area (Å²) in [7, 11) is 0. The number of amides is 1. The van der Waals surface area contributed by atoms with E-state index in [4.69, 9.17) is 4.52 Å². The molecule has 0 unspecified atom stereocenters. The lowest BCUT2D eigenvalue weighted by Gasteiger charge is -2.12. The molecule has 17 heavy (non-hydrogen) atoms. The number of nitrogens with one attached hydrogen (secondary N) is 1. The second-order valence-corrected chi connectivity index (χ2v) is 3.93. The van der Waals surface area contributed by atoms with Crippen molar-refractivity contribution in [1.29, 1.82) is 0 Å². The molecule has 1 heterocycles. The number of aromatic nitrogens is 1. The summed E-state index contributed by atoms with van der Waals surface area (Å²) in [6.45, 7) is 3.69. The van der Waals surface area contributed by atoms with Crippen LogP contribution in [-0.4, -0.2) is 11.1 Å². The highest BCUT2D eigenvalue weighted by Gasteiger charge is 2.14. The third-order valence-corrected chi connectivity index (χ3v) is 2.51. The molecule has 0 fully saturated rings. The van der Waals surface area contributed by atoms with Crippen LogP contribution in [-0.2, 0) is 0 Å². The molecule has 1 aromatic carbocycles. The van der Waals surface area contributed by atoms with E-state index in [0.717, 1.165) is 5.56 Å². The molecule has 1 N–H and O–H groups in total. The van der Waals surface area contributed by atoms with E-state index < -0.39 is 0 Å². The van der Waals surface area contributed by atoms with Crippen LogP contribution in [0.2, 0.25) is 0 Å². The molecule has 1 aromatic heterocycles. The molecule has 0 bridgehead atoms. The van der Waals surface area contributed by atoms with E-state index in [0.29, 0.717) is 11.5 Å². The fourth-order valence-electron chi connectivity index (χ4n) is 1.57. The van der Waals surface area contributed by atoms with Crippen molar-refractivity contribution < 1.29 is 9.32 Å². The van der Waals surface area contributed by atoms with Crippen LogP contribution in [0.1, 0.15) is 34.8 Å². The Morgan fingerprint density at radius 1 is 1.35 bits per heavy atom. The molecular weight excluding hydrogens is 216 g/mol.